The molecule has 1 aliphatic rings. The first-order valence-corrected chi connectivity index (χ1v) is 10.3. The van der Waals surface area contributed by atoms with Crippen LogP contribution in [0.1, 0.15) is 44.0 Å². The van der Waals surface area contributed by atoms with Crippen LogP contribution in [0.3, 0.4) is 0 Å². The second-order valence-corrected chi connectivity index (χ2v) is 8.07. The minimum Gasteiger partial charge on any atom is -0.346 e. The third-order valence-electron chi connectivity index (χ3n) is 5.49. The minimum absolute atomic E-state index is 0.0370. The van der Waals surface area contributed by atoms with E-state index in [2.05, 4.69) is 54.2 Å². The molecule has 0 aliphatic carbocycles. The van der Waals surface area contributed by atoms with Crippen molar-refractivity contribution in [2.75, 3.05) is 13.1 Å². The maximum Gasteiger partial charge on any atom is 0.223 e. The van der Waals surface area contributed by atoms with E-state index in [0.717, 1.165) is 49.8 Å². The van der Waals surface area contributed by atoms with Crippen LogP contribution < -0.4 is 5.32 Å². The van der Waals surface area contributed by atoms with E-state index in [1.807, 2.05) is 33.0 Å². The molecule has 0 saturated carbocycles. The molecule has 7 nitrogen and oxygen atoms in total. The number of fused-ring (bicyclic) bond motifs is 2. The summed E-state index contributed by atoms with van der Waals surface area (Å²) in [6.07, 6.45) is 2.69. The van der Waals surface area contributed by atoms with E-state index >= 15 is 0 Å². The minimum atomic E-state index is -0.149. The molecule has 29 heavy (non-hydrogen) atoms. The molecule has 1 aliphatic heterocycles. The Morgan fingerprint density at radius 2 is 2.00 bits per heavy atom. The van der Waals surface area contributed by atoms with Crippen molar-refractivity contribution in [2.24, 2.45) is 5.92 Å². The van der Waals surface area contributed by atoms with E-state index < -0.39 is 0 Å². The van der Waals surface area contributed by atoms with E-state index in [4.69, 9.17) is 0 Å². The number of nitrogens with zero attached hydrogens (tertiary/aromatic N) is 5. The molecule has 152 valence electrons. The van der Waals surface area contributed by atoms with Crippen molar-refractivity contribution in [3.63, 3.8) is 0 Å². The number of hydrogen-bond acceptors (Lipinski definition) is 5. The van der Waals surface area contributed by atoms with Gasteiger partial charge in [0, 0.05) is 50.1 Å². The number of pyridine rings is 1. The second-order valence-electron chi connectivity index (χ2n) is 8.07. The number of carbonyl (C=O) groups excluding carboxylic acids is 1. The second kappa shape index (κ2) is 8.29. The molecule has 2 aromatic heterocycles. The summed E-state index contributed by atoms with van der Waals surface area (Å²) in [5, 5.41) is 13.0. The van der Waals surface area contributed by atoms with Crippen LogP contribution in [-0.4, -0.2) is 43.6 Å². The van der Waals surface area contributed by atoms with Crippen LogP contribution in [0.4, 0.5) is 0 Å². The van der Waals surface area contributed by atoms with Gasteiger partial charge in [-0.05, 0) is 24.6 Å². The van der Waals surface area contributed by atoms with Crippen LogP contribution >= 0.6 is 0 Å². The number of nitrogens with one attached hydrogen (secondary N) is 1. The zero-order chi connectivity index (χ0) is 20.4. The zero-order valence-corrected chi connectivity index (χ0v) is 17.3. The number of amides is 1. The maximum atomic E-state index is 12.1. The highest BCUT2D eigenvalue weighted by Gasteiger charge is 2.23. The quantitative estimate of drug-likeness (QED) is 0.723. The van der Waals surface area contributed by atoms with Gasteiger partial charge in [0.25, 0.3) is 0 Å². The van der Waals surface area contributed by atoms with Gasteiger partial charge in [-0.15, -0.1) is 10.2 Å². The molecule has 3 heterocycles. The van der Waals surface area contributed by atoms with E-state index in [9.17, 15) is 4.79 Å². The van der Waals surface area contributed by atoms with E-state index in [1.165, 1.54) is 10.9 Å². The van der Waals surface area contributed by atoms with Crippen LogP contribution in [0.15, 0.2) is 36.5 Å². The third kappa shape index (κ3) is 4.29. The fourth-order valence-electron chi connectivity index (χ4n) is 3.78. The van der Waals surface area contributed by atoms with E-state index in [1.54, 1.807) is 0 Å². The average molecular weight is 393 g/mol. The molecular formula is C22H28N6O. The van der Waals surface area contributed by atoms with Crippen LogP contribution in [0.5, 0.6) is 0 Å². The van der Waals surface area contributed by atoms with Crippen LogP contribution in [0.25, 0.3) is 10.9 Å². The Morgan fingerprint density at radius 3 is 2.83 bits per heavy atom. The van der Waals surface area contributed by atoms with Crippen molar-refractivity contribution in [1.82, 2.24) is 30.0 Å². The summed E-state index contributed by atoms with van der Waals surface area (Å²) in [7, 11) is 0. The highest BCUT2D eigenvalue weighted by Crippen LogP contribution is 2.19. The van der Waals surface area contributed by atoms with Crippen LogP contribution in [0, 0.1) is 5.92 Å². The molecule has 7 heteroatoms. The molecule has 0 fully saturated rings. The molecule has 0 saturated heterocycles. The smallest absolute Gasteiger partial charge is 0.223 e. The first kappa shape index (κ1) is 19.5. The fourth-order valence-corrected chi connectivity index (χ4v) is 3.78. The highest BCUT2D eigenvalue weighted by atomic mass is 16.1. The average Bonchev–Trinajstić information content (AvgIpc) is 3.02. The van der Waals surface area contributed by atoms with Crippen LogP contribution in [0.2, 0.25) is 0 Å². The summed E-state index contributed by atoms with van der Waals surface area (Å²) in [5.74, 6) is 1.82. The van der Waals surface area contributed by atoms with E-state index in [-0.39, 0.29) is 17.9 Å². The molecule has 1 N–H and O–H groups in total. The lowest BCUT2D eigenvalue weighted by Crippen LogP contribution is -2.32. The number of rotatable bonds is 5. The standard InChI is InChI=1S/C22H28N6O/c1-15(2)22(29)24-16(3)21-26-25-20-8-10-27(11-12-28(20)21)14-17-6-7-18-5-4-9-23-19(18)13-17/h4-7,9,13,15-16H,8,10-12,14H2,1-3H3,(H,24,29)/t16-/m1/s1. The molecule has 1 aromatic carbocycles. The maximum absolute atomic E-state index is 12.1. The zero-order valence-electron chi connectivity index (χ0n) is 17.3. The molecule has 0 unspecified atom stereocenters. The largest absolute Gasteiger partial charge is 0.346 e. The Hall–Kier alpha value is -2.80. The third-order valence-corrected chi connectivity index (χ3v) is 5.49. The van der Waals surface area contributed by atoms with Gasteiger partial charge < -0.3 is 9.88 Å². The van der Waals surface area contributed by atoms with Crippen molar-refractivity contribution >= 4 is 16.8 Å². The van der Waals surface area contributed by atoms with Crippen molar-refractivity contribution in [3.8, 4) is 0 Å². The van der Waals surface area contributed by atoms with Gasteiger partial charge in [0.15, 0.2) is 5.82 Å². The van der Waals surface area contributed by atoms with Gasteiger partial charge in [0.05, 0.1) is 11.6 Å². The lowest BCUT2D eigenvalue weighted by molar-refractivity contribution is -0.124. The van der Waals surface area contributed by atoms with Gasteiger partial charge in [-0.2, -0.15) is 0 Å². The summed E-state index contributed by atoms with van der Waals surface area (Å²) >= 11 is 0. The monoisotopic (exact) mass is 392 g/mol. The van der Waals surface area contributed by atoms with Gasteiger partial charge in [0.1, 0.15) is 5.82 Å². The Labute approximate surface area is 171 Å². The Bertz CT molecular complexity index is 1010. The normalized spacial score (nSPS) is 15.9. The molecular weight excluding hydrogens is 364 g/mol. The summed E-state index contributed by atoms with van der Waals surface area (Å²) in [6.45, 7) is 9.33. The number of aromatic nitrogens is 4. The fraction of sp³-hybridized carbons (Fsp3) is 0.455. The number of carbonyl (C=O) groups is 1. The Morgan fingerprint density at radius 1 is 1.14 bits per heavy atom. The summed E-state index contributed by atoms with van der Waals surface area (Å²) in [4.78, 5) is 19.0. The molecule has 1 amide bonds. The van der Waals surface area contributed by atoms with Crippen molar-refractivity contribution < 1.29 is 4.79 Å². The van der Waals surface area contributed by atoms with Crippen molar-refractivity contribution in [1.29, 1.82) is 0 Å². The van der Waals surface area contributed by atoms with Crippen LogP contribution in [-0.2, 0) is 24.3 Å². The number of benzene rings is 1. The van der Waals surface area contributed by atoms with Gasteiger partial charge in [-0.25, -0.2) is 0 Å². The first-order valence-electron chi connectivity index (χ1n) is 10.3. The summed E-state index contributed by atoms with van der Waals surface area (Å²) in [5.41, 5.74) is 2.31. The highest BCUT2D eigenvalue weighted by molar-refractivity contribution is 5.79. The van der Waals surface area contributed by atoms with Gasteiger partial charge in [0.2, 0.25) is 5.91 Å². The van der Waals surface area contributed by atoms with Gasteiger partial charge in [-0.1, -0.05) is 32.0 Å². The summed E-state index contributed by atoms with van der Waals surface area (Å²) < 4.78 is 2.17. The first-order chi connectivity index (χ1) is 14.0. The van der Waals surface area contributed by atoms with Gasteiger partial charge in [-0.3, -0.25) is 14.7 Å². The molecule has 3 aromatic rings. The predicted octanol–water partition coefficient (Wildman–Crippen LogP) is 2.72. The Kier molecular flexibility index (Phi) is 5.58. The lowest BCUT2D eigenvalue weighted by atomic mass is 10.1. The predicted molar refractivity (Wildman–Crippen MR) is 112 cm³/mol. The molecule has 4 rings (SSSR count). The molecule has 0 spiro atoms. The van der Waals surface area contributed by atoms with Crippen molar-refractivity contribution in [2.45, 2.75) is 46.3 Å². The topological polar surface area (TPSA) is 75.9 Å². The molecule has 1 atom stereocenters. The lowest BCUT2D eigenvalue weighted by Gasteiger charge is -2.20. The Balaban J connectivity index is 1.44. The van der Waals surface area contributed by atoms with Crippen molar-refractivity contribution in [3.05, 3.63) is 53.7 Å². The van der Waals surface area contributed by atoms with Gasteiger partial charge >= 0.3 is 0 Å². The summed E-state index contributed by atoms with van der Waals surface area (Å²) in [6, 6.07) is 10.4. The SMILES string of the molecule is CC(C)C(=O)N[C@H](C)c1nnc2n1CCN(Cc1ccc3cccnc3c1)CC2. The molecule has 0 radical (unpaired) electrons. The van der Waals surface area contributed by atoms with E-state index in [0.29, 0.717) is 0 Å². The molecule has 0 bridgehead atoms. The number of hydrogen-bond donors (Lipinski definition) is 1.